The molecule has 0 unspecified atom stereocenters. The number of aromatic nitrogens is 1. The van der Waals surface area contributed by atoms with E-state index in [1.54, 1.807) is 11.3 Å². The molecule has 0 aliphatic heterocycles. The number of carbonyl (C=O) groups is 1. The number of ketones is 1. The number of Topliss-reactive ketones (excluding diaryl/α,β-unsaturated/α-hetero) is 1. The van der Waals surface area contributed by atoms with Crippen molar-refractivity contribution in [2.45, 2.75) is 39.0 Å². The van der Waals surface area contributed by atoms with E-state index in [2.05, 4.69) is 47.1 Å². The summed E-state index contributed by atoms with van der Waals surface area (Å²) in [5.41, 5.74) is 2.15. The summed E-state index contributed by atoms with van der Waals surface area (Å²) in [7, 11) is 0. The molecule has 1 aromatic carbocycles. The van der Waals surface area contributed by atoms with E-state index in [-0.39, 0.29) is 11.2 Å². The van der Waals surface area contributed by atoms with Crippen molar-refractivity contribution in [1.82, 2.24) is 4.98 Å². The zero-order chi connectivity index (χ0) is 14.8. The van der Waals surface area contributed by atoms with Crippen LogP contribution in [0, 0.1) is 0 Å². The van der Waals surface area contributed by atoms with Gasteiger partial charge in [-0.1, -0.05) is 48.8 Å². The predicted octanol–water partition coefficient (Wildman–Crippen LogP) is 4.56. The normalized spacial score (nSPS) is 11.6. The molecule has 20 heavy (non-hydrogen) atoms. The second kappa shape index (κ2) is 6.19. The van der Waals surface area contributed by atoms with Crippen LogP contribution in [-0.2, 0) is 23.1 Å². The molecule has 0 atom stereocenters. The summed E-state index contributed by atoms with van der Waals surface area (Å²) in [6.45, 7) is 6.40. The summed E-state index contributed by atoms with van der Waals surface area (Å²) in [4.78, 5) is 16.7. The van der Waals surface area contributed by atoms with Gasteiger partial charge in [-0.2, -0.15) is 0 Å². The third-order valence-electron chi connectivity index (χ3n) is 2.96. The van der Waals surface area contributed by atoms with Crippen molar-refractivity contribution in [3.05, 3.63) is 50.4 Å². The fraction of sp³-hybridized carbons (Fsp3) is 0.375. The highest BCUT2D eigenvalue weighted by Crippen LogP contribution is 2.24. The molecule has 0 saturated heterocycles. The average Bonchev–Trinajstić information content (AvgIpc) is 2.76. The zero-order valence-corrected chi connectivity index (χ0v) is 14.3. The van der Waals surface area contributed by atoms with E-state index in [0.29, 0.717) is 12.8 Å². The lowest BCUT2D eigenvalue weighted by molar-refractivity contribution is -0.117. The molecule has 2 nitrogen and oxygen atoms in total. The van der Waals surface area contributed by atoms with E-state index >= 15 is 0 Å². The molecule has 4 heteroatoms. The fourth-order valence-corrected chi connectivity index (χ4v) is 3.34. The van der Waals surface area contributed by atoms with E-state index in [1.807, 2.05) is 24.3 Å². The first-order chi connectivity index (χ1) is 9.34. The maximum atomic E-state index is 12.1. The van der Waals surface area contributed by atoms with E-state index < -0.39 is 0 Å². The second-order valence-electron chi connectivity index (χ2n) is 5.90. The van der Waals surface area contributed by atoms with Gasteiger partial charge in [0.05, 0.1) is 12.1 Å². The number of carbonyl (C=O) groups excluding carboxylic acids is 1. The fourth-order valence-electron chi connectivity index (χ4n) is 1.84. The lowest BCUT2D eigenvalue weighted by Crippen LogP contribution is -2.12. The highest BCUT2D eigenvalue weighted by molar-refractivity contribution is 9.10. The Morgan fingerprint density at radius 2 is 2.05 bits per heavy atom. The van der Waals surface area contributed by atoms with Gasteiger partial charge in [-0.3, -0.25) is 4.79 Å². The molecule has 0 amide bonds. The van der Waals surface area contributed by atoms with Gasteiger partial charge in [0.15, 0.2) is 0 Å². The molecule has 2 rings (SSSR count). The van der Waals surface area contributed by atoms with Gasteiger partial charge in [0.1, 0.15) is 10.8 Å². The monoisotopic (exact) mass is 351 g/mol. The van der Waals surface area contributed by atoms with Gasteiger partial charge in [-0.15, -0.1) is 11.3 Å². The second-order valence-corrected chi connectivity index (χ2v) is 7.76. The predicted molar refractivity (Wildman–Crippen MR) is 87.4 cm³/mol. The van der Waals surface area contributed by atoms with Crippen LogP contribution < -0.4 is 0 Å². The first kappa shape index (κ1) is 15.4. The summed E-state index contributed by atoms with van der Waals surface area (Å²) in [6.07, 6.45) is 0.886. The molecular formula is C16H18BrNOS. The highest BCUT2D eigenvalue weighted by atomic mass is 79.9. The largest absolute Gasteiger partial charge is 0.299 e. The molecule has 1 heterocycles. The van der Waals surface area contributed by atoms with Crippen LogP contribution in [0.15, 0.2) is 34.1 Å². The average molecular weight is 352 g/mol. The molecule has 0 fully saturated rings. The van der Waals surface area contributed by atoms with Gasteiger partial charge in [0.2, 0.25) is 0 Å². The van der Waals surface area contributed by atoms with Crippen molar-refractivity contribution in [3.63, 3.8) is 0 Å². The Morgan fingerprint density at radius 3 is 2.65 bits per heavy atom. The molecule has 0 N–H and O–H groups in total. The first-order valence-corrected chi connectivity index (χ1v) is 8.23. The molecule has 0 radical (unpaired) electrons. The Hall–Kier alpha value is -1.00. The number of benzene rings is 1. The summed E-state index contributed by atoms with van der Waals surface area (Å²) >= 11 is 5.00. The van der Waals surface area contributed by atoms with E-state index in [0.717, 1.165) is 20.7 Å². The van der Waals surface area contributed by atoms with Gasteiger partial charge in [0.25, 0.3) is 0 Å². The number of thiazole rings is 1. The van der Waals surface area contributed by atoms with E-state index in [1.165, 1.54) is 0 Å². The highest BCUT2D eigenvalue weighted by Gasteiger charge is 2.18. The van der Waals surface area contributed by atoms with Crippen LogP contribution in [0.2, 0.25) is 0 Å². The van der Waals surface area contributed by atoms with Crippen LogP contribution in [0.25, 0.3) is 0 Å². The summed E-state index contributed by atoms with van der Waals surface area (Å²) in [5.74, 6) is 0.206. The van der Waals surface area contributed by atoms with Gasteiger partial charge in [-0.25, -0.2) is 4.98 Å². The number of nitrogens with zero attached hydrogens (tertiary/aromatic N) is 1. The van der Waals surface area contributed by atoms with Crippen molar-refractivity contribution in [2.75, 3.05) is 0 Å². The van der Waals surface area contributed by atoms with Crippen LogP contribution in [0.4, 0.5) is 0 Å². The van der Waals surface area contributed by atoms with Crippen molar-refractivity contribution >= 4 is 33.0 Å². The van der Waals surface area contributed by atoms with Crippen molar-refractivity contribution in [3.8, 4) is 0 Å². The molecule has 0 aliphatic rings. The van der Waals surface area contributed by atoms with Crippen LogP contribution in [0.5, 0.6) is 0 Å². The van der Waals surface area contributed by atoms with Crippen molar-refractivity contribution in [1.29, 1.82) is 0 Å². The minimum atomic E-state index is 0.0437. The van der Waals surface area contributed by atoms with E-state index in [4.69, 9.17) is 0 Å². The smallest absolute Gasteiger partial charge is 0.144 e. The minimum absolute atomic E-state index is 0.0437. The number of rotatable bonds is 4. The maximum Gasteiger partial charge on any atom is 0.144 e. The van der Waals surface area contributed by atoms with Crippen LogP contribution in [-0.4, -0.2) is 10.8 Å². The molecule has 0 bridgehead atoms. The van der Waals surface area contributed by atoms with Crippen molar-refractivity contribution in [2.24, 2.45) is 0 Å². The van der Waals surface area contributed by atoms with Crippen molar-refractivity contribution < 1.29 is 4.79 Å². The third kappa shape index (κ3) is 4.25. The summed E-state index contributed by atoms with van der Waals surface area (Å²) < 4.78 is 1.01. The molecule has 106 valence electrons. The molecule has 0 saturated carbocycles. The Bertz CT molecular complexity index is 613. The lowest BCUT2D eigenvalue weighted by Gasteiger charge is -2.14. The Kier molecular flexibility index (Phi) is 4.76. The SMILES string of the molecule is CC(C)(C)c1csc(CC(=O)Cc2cccc(Br)c2)n1. The zero-order valence-electron chi connectivity index (χ0n) is 11.9. The maximum absolute atomic E-state index is 12.1. The Labute approximate surface area is 132 Å². The molecule has 2 aromatic rings. The first-order valence-electron chi connectivity index (χ1n) is 6.55. The summed E-state index contributed by atoms with van der Waals surface area (Å²) in [6, 6.07) is 7.88. The Morgan fingerprint density at radius 1 is 1.30 bits per heavy atom. The molecule has 1 aromatic heterocycles. The van der Waals surface area contributed by atoms with Gasteiger partial charge in [-0.05, 0) is 17.7 Å². The van der Waals surface area contributed by atoms with Gasteiger partial charge in [0, 0.05) is 21.7 Å². The van der Waals surface area contributed by atoms with Gasteiger partial charge >= 0.3 is 0 Å². The van der Waals surface area contributed by atoms with Gasteiger partial charge < -0.3 is 0 Å². The third-order valence-corrected chi connectivity index (χ3v) is 4.30. The minimum Gasteiger partial charge on any atom is -0.299 e. The summed E-state index contributed by atoms with van der Waals surface area (Å²) in [5, 5.41) is 2.97. The Balaban J connectivity index is 2.00. The standard InChI is InChI=1S/C16H18BrNOS/c1-16(2,3)14-10-20-15(18-14)9-13(19)8-11-5-4-6-12(17)7-11/h4-7,10H,8-9H2,1-3H3. The number of halogens is 1. The van der Waals surface area contributed by atoms with Crippen LogP contribution >= 0.6 is 27.3 Å². The molecular weight excluding hydrogens is 334 g/mol. The molecule has 0 spiro atoms. The number of hydrogen-bond donors (Lipinski definition) is 0. The van der Waals surface area contributed by atoms with Crippen LogP contribution in [0.1, 0.15) is 37.0 Å². The quantitative estimate of drug-likeness (QED) is 0.808. The molecule has 0 aliphatic carbocycles. The lowest BCUT2D eigenvalue weighted by atomic mass is 9.93. The van der Waals surface area contributed by atoms with E-state index in [9.17, 15) is 4.79 Å². The number of hydrogen-bond acceptors (Lipinski definition) is 3. The van der Waals surface area contributed by atoms with Crippen LogP contribution in [0.3, 0.4) is 0 Å². The topological polar surface area (TPSA) is 30.0 Å².